The first-order valence-electron chi connectivity index (χ1n) is 9.35. The summed E-state index contributed by atoms with van der Waals surface area (Å²) < 4.78 is 5.10. The minimum Gasteiger partial charge on any atom is -0.448 e. The van der Waals surface area contributed by atoms with Gasteiger partial charge in [0.2, 0.25) is 5.91 Å². The summed E-state index contributed by atoms with van der Waals surface area (Å²) in [5.74, 6) is 0.682. The maximum atomic E-state index is 12.9. The molecule has 5 heteroatoms. The molecule has 1 saturated carbocycles. The Morgan fingerprint density at radius 1 is 1.08 bits per heavy atom. The number of nitrogens with zero attached hydrogens (tertiary/aromatic N) is 2. The lowest BCUT2D eigenvalue weighted by Gasteiger charge is -2.37. The van der Waals surface area contributed by atoms with Crippen molar-refractivity contribution >= 4 is 12.0 Å². The van der Waals surface area contributed by atoms with Gasteiger partial charge in [-0.05, 0) is 74.6 Å². The molecule has 136 valence electrons. The molecule has 0 atom stereocenters. The van der Waals surface area contributed by atoms with E-state index < -0.39 is 6.09 Å². The van der Waals surface area contributed by atoms with Gasteiger partial charge in [0, 0.05) is 13.1 Å². The standard InChI is InChI=1S/C20H28N2O3/c1-4-25-20(24)22-10-6-5-9-21(22)19(23)13-18-14(2)11-17(12-15(18)3)16-7-8-16/h11-12,16H,4-10,13H2,1-3H3. The number of rotatable bonds is 4. The molecular weight excluding hydrogens is 316 g/mol. The molecule has 0 bridgehead atoms. The van der Waals surface area contributed by atoms with Gasteiger partial charge in [0.15, 0.2) is 0 Å². The van der Waals surface area contributed by atoms with Crippen molar-refractivity contribution in [1.29, 1.82) is 0 Å². The van der Waals surface area contributed by atoms with E-state index in [-0.39, 0.29) is 5.91 Å². The van der Waals surface area contributed by atoms with Gasteiger partial charge in [-0.15, -0.1) is 0 Å². The third-order valence-corrected chi connectivity index (χ3v) is 5.14. The van der Waals surface area contributed by atoms with Gasteiger partial charge in [-0.25, -0.2) is 14.8 Å². The quantitative estimate of drug-likeness (QED) is 0.836. The zero-order valence-electron chi connectivity index (χ0n) is 15.5. The Morgan fingerprint density at radius 3 is 2.24 bits per heavy atom. The predicted molar refractivity (Wildman–Crippen MR) is 96.3 cm³/mol. The van der Waals surface area contributed by atoms with E-state index in [2.05, 4.69) is 26.0 Å². The molecule has 3 rings (SSSR count). The van der Waals surface area contributed by atoms with E-state index in [0.717, 1.165) is 18.4 Å². The number of carbonyl (C=O) groups is 2. The van der Waals surface area contributed by atoms with E-state index in [0.29, 0.717) is 32.0 Å². The van der Waals surface area contributed by atoms with E-state index in [1.54, 1.807) is 11.9 Å². The van der Waals surface area contributed by atoms with Gasteiger partial charge >= 0.3 is 6.09 Å². The first kappa shape index (κ1) is 17.8. The van der Waals surface area contributed by atoms with Crippen LogP contribution >= 0.6 is 0 Å². The van der Waals surface area contributed by atoms with Crippen LogP contribution in [-0.2, 0) is 16.0 Å². The molecule has 1 heterocycles. The zero-order chi connectivity index (χ0) is 18.0. The molecule has 0 N–H and O–H groups in total. The van der Waals surface area contributed by atoms with Crippen molar-refractivity contribution in [2.45, 2.75) is 58.8 Å². The van der Waals surface area contributed by atoms with Crippen molar-refractivity contribution in [1.82, 2.24) is 10.0 Å². The fraction of sp³-hybridized carbons (Fsp3) is 0.600. The molecule has 25 heavy (non-hydrogen) atoms. The summed E-state index contributed by atoms with van der Waals surface area (Å²) in [6, 6.07) is 4.46. The van der Waals surface area contributed by atoms with Gasteiger partial charge in [0.1, 0.15) is 0 Å². The van der Waals surface area contributed by atoms with Gasteiger partial charge in [0.05, 0.1) is 13.0 Å². The van der Waals surface area contributed by atoms with Crippen LogP contribution in [0.15, 0.2) is 12.1 Å². The highest BCUT2D eigenvalue weighted by Gasteiger charge is 2.30. The maximum absolute atomic E-state index is 12.9. The zero-order valence-corrected chi connectivity index (χ0v) is 15.5. The number of carbonyl (C=O) groups excluding carboxylic acids is 2. The molecule has 1 saturated heterocycles. The molecule has 5 nitrogen and oxygen atoms in total. The molecule has 0 radical (unpaired) electrons. The van der Waals surface area contributed by atoms with E-state index in [1.165, 1.54) is 34.5 Å². The summed E-state index contributed by atoms with van der Waals surface area (Å²) in [6.07, 6.45) is 4.28. The van der Waals surface area contributed by atoms with Crippen molar-refractivity contribution < 1.29 is 14.3 Å². The summed E-state index contributed by atoms with van der Waals surface area (Å²) >= 11 is 0. The van der Waals surface area contributed by atoms with Crippen molar-refractivity contribution in [2.24, 2.45) is 0 Å². The fourth-order valence-corrected chi connectivity index (χ4v) is 3.61. The molecule has 1 aliphatic carbocycles. The van der Waals surface area contributed by atoms with Crippen LogP contribution in [0.4, 0.5) is 4.79 Å². The lowest BCUT2D eigenvalue weighted by molar-refractivity contribution is -0.148. The SMILES string of the molecule is CCOC(=O)N1CCCCN1C(=O)Cc1c(C)cc(C2CC2)cc1C. The van der Waals surface area contributed by atoms with Crippen molar-refractivity contribution in [3.63, 3.8) is 0 Å². The molecule has 2 aliphatic rings. The van der Waals surface area contributed by atoms with Gasteiger partial charge in [-0.2, -0.15) is 0 Å². The number of hydrogen-bond acceptors (Lipinski definition) is 3. The van der Waals surface area contributed by atoms with Crippen LogP contribution in [0.2, 0.25) is 0 Å². The Hall–Kier alpha value is -2.04. The van der Waals surface area contributed by atoms with Crippen LogP contribution in [-0.4, -0.2) is 41.7 Å². The monoisotopic (exact) mass is 344 g/mol. The van der Waals surface area contributed by atoms with Gasteiger partial charge < -0.3 is 4.74 Å². The number of amides is 2. The minimum atomic E-state index is -0.423. The van der Waals surface area contributed by atoms with Gasteiger partial charge in [0.25, 0.3) is 0 Å². The van der Waals surface area contributed by atoms with Crippen molar-refractivity contribution in [2.75, 3.05) is 19.7 Å². The average molecular weight is 344 g/mol. The van der Waals surface area contributed by atoms with Crippen LogP contribution < -0.4 is 0 Å². The number of benzene rings is 1. The minimum absolute atomic E-state index is 0.0295. The van der Waals surface area contributed by atoms with E-state index >= 15 is 0 Å². The summed E-state index contributed by atoms with van der Waals surface area (Å²) in [7, 11) is 0. The molecule has 1 aromatic rings. The Labute approximate surface area is 149 Å². The Morgan fingerprint density at radius 2 is 1.68 bits per heavy atom. The molecule has 2 fully saturated rings. The molecular formula is C20H28N2O3. The summed E-state index contributed by atoms with van der Waals surface area (Å²) in [5, 5.41) is 3.05. The largest absolute Gasteiger partial charge is 0.448 e. The van der Waals surface area contributed by atoms with Crippen LogP contribution in [0, 0.1) is 13.8 Å². The third kappa shape index (κ3) is 3.97. The summed E-state index contributed by atoms with van der Waals surface area (Å²) in [6.45, 7) is 7.39. The molecule has 0 unspecified atom stereocenters. The Bertz CT molecular complexity index is 644. The second kappa shape index (κ2) is 7.46. The average Bonchev–Trinajstić information content (AvgIpc) is 3.43. The van der Waals surface area contributed by atoms with Crippen LogP contribution in [0.5, 0.6) is 0 Å². The highest BCUT2D eigenvalue weighted by atomic mass is 16.6. The van der Waals surface area contributed by atoms with Crippen molar-refractivity contribution in [3.05, 3.63) is 34.4 Å². The number of hydrogen-bond donors (Lipinski definition) is 0. The first-order valence-corrected chi connectivity index (χ1v) is 9.35. The lowest BCUT2D eigenvalue weighted by Crippen LogP contribution is -2.53. The second-order valence-electron chi connectivity index (χ2n) is 7.13. The topological polar surface area (TPSA) is 49.9 Å². The fourth-order valence-electron chi connectivity index (χ4n) is 3.61. The van der Waals surface area contributed by atoms with Gasteiger partial charge in [-0.1, -0.05) is 12.1 Å². The Kier molecular flexibility index (Phi) is 5.30. The van der Waals surface area contributed by atoms with E-state index in [4.69, 9.17) is 4.74 Å². The highest BCUT2D eigenvalue weighted by molar-refractivity contribution is 5.82. The lowest BCUT2D eigenvalue weighted by atomic mass is 9.95. The normalized spacial score (nSPS) is 17.6. The van der Waals surface area contributed by atoms with E-state index in [1.807, 2.05) is 0 Å². The molecule has 2 amide bonds. The molecule has 1 aliphatic heterocycles. The predicted octanol–water partition coefficient (Wildman–Crippen LogP) is 3.72. The summed E-state index contributed by atoms with van der Waals surface area (Å²) in [4.78, 5) is 25.0. The van der Waals surface area contributed by atoms with E-state index in [9.17, 15) is 9.59 Å². The first-order chi connectivity index (χ1) is 12.0. The number of hydrazine groups is 1. The smallest absolute Gasteiger partial charge is 0.428 e. The number of aryl methyl sites for hydroxylation is 2. The molecule has 0 spiro atoms. The third-order valence-electron chi connectivity index (χ3n) is 5.14. The maximum Gasteiger partial charge on any atom is 0.428 e. The Balaban J connectivity index is 1.75. The van der Waals surface area contributed by atoms with Crippen molar-refractivity contribution in [3.8, 4) is 0 Å². The summed E-state index contributed by atoms with van der Waals surface area (Å²) in [5.41, 5.74) is 4.84. The van der Waals surface area contributed by atoms with Crippen LogP contribution in [0.25, 0.3) is 0 Å². The second-order valence-corrected chi connectivity index (χ2v) is 7.13. The molecule has 1 aromatic carbocycles. The number of ether oxygens (including phenoxy) is 1. The molecule has 0 aromatic heterocycles. The highest BCUT2D eigenvalue weighted by Crippen LogP contribution is 2.41. The van der Waals surface area contributed by atoms with Gasteiger partial charge in [-0.3, -0.25) is 4.79 Å². The van der Waals surface area contributed by atoms with Crippen LogP contribution in [0.1, 0.15) is 60.8 Å². The van der Waals surface area contributed by atoms with Crippen LogP contribution in [0.3, 0.4) is 0 Å².